The summed E-state index contributed by atoms with van der Waals surface area (Å²) in [5.41, 5.74) is 1.45. The molecule has 7 heteroatoms. The van der Waals surface area contributed by atoms with Gasteiger partial charge in [-0.1, -0.05) is 6.07 Å². The number of thioether (sulfide) groups is 1. The number of nitrogens with one attached hydrogen (secondary N) is 1. The fourth-order valence-electron chi connectivity index (χ4n) is 2.93. The first-order valence-electron chi connectivity index (χ1n) is 8.38. The summed E-state index contributed by atoms with van der Waals surface area (Å²) in [6, 6.07) is 11.2. The number of anilines is 1. The van der Waals surface area contributed by atoms with Gasteiger partial charge >= 0.3 is 0 Å². The third-order valence-corrected chi connectivity index (χ3v) is 5.16. The molecule has 0 unspecified atom stereocenters. The second kappa shape index (κ2) is 8.33. The van der Waals surface area contributed by atoms with Crippen LogP contribution in [0.4, 0.5) is 5.69 Å². The number of amides is 2. The Balaban J connectivity index is 1.56. The van der Waals surface area contributed by atoms with Gasteiger partial charge < -0.3 is 15.3 Å². The largest absolute Gasteiger partial charge is 0.387 e. The van der Waals surface area contributed by atoms with Crippen molar-refractivity contribution in [1.82, 2.24) is 10.3 Å². The Labute approximate surface area is 156 Å². The third kappa shape index (κ3) is 4.23. The molecule has 2 N–H and O–H groups in total. The molecule has 6 nitrogen and oxygen atoms in total. The highest BCUT2D eigenvalue weighted by atomic mass is 32.2. The smallest absolute Gasteiger partial charge is 0.227 e. The summed E-state index contributed by atoms with van der Waals surface area (Å²) in [5.74, 6) is -0.691. The lowest BCUT2D eigenvalue weighted by Gasteiger charge is -2.17. The summed E-state index contributed by atoms with van der Waals surface area (Å²) in [7, 11) is 0. The van der Waals surface area contributed by atoms with Gasteiger partial charge in [-0.3, -0.25) is 14.6 Å². The van der Waals surface area contributed by atoms with E-state index in [-0.39, 0.29) is 24.8 Å². The van der Waals surface area contributed by atoms with Crippen molar-refractivity contribution in [3.63, 3.8) is 0 Å². The predicted octanol–water partition coefficient (Wildman–Crippen LogP) is 2.01. The van der Waals surface area contributed by atoms with Crippen LogP contribution in [0.2, 0.25) is 0 Å². The standard InChI is InChI=1S/C19H21N3O3S/c1-26-16-6-4-15(5-7-16)22-12-14(9-18(22)24)19(25)21-11-17(23)13-3-2-8-20-10-13/h2-8,10,14,17,23H,9,11-12H2,1H3,(H,21,25)/t14-,17+/m1/s1. The number of aliphatic hydroxyl groups excluding tert-OH is 1. The Bertz CT molecular complexity index is 767. The van der Waals surface area contributed by atoms with Gasteiger partial charge in [0.25, 0.3) is 0 Å². The first-order chi connectivity index (χ1) is 12.6. The van der Waals surface area contributed by atoms with Crippen LogP contribution >= 0.6 is 11.8 Å². The SMILES string of the molecule is CSc1ccc(N2C[C@H](C(=O)NC[C@H](O)c3cccnc3)CC2=O)cc1. The number of benzene rings is 1. The maximum atomic E-state index is 12.4. The minimum absolute atomic E-state index is 0.0603. The van der Waals surface area contributed by atoms with Crippen LogP contribution in [0.5, 0.6) is 0 Å². The molecule has 0 radical (unpaired) electrons. The molecule has 136 valence electrons. The summed E-state index contributed by atoms with van der Waals surface area (Å²) in [6.45, 7) is 0.448. The summed E-state index contributed by atoms with van der Waals surface area (Å²) < 4.78 is 0. The first kappa shape index (κ1) is 18.4. The van der Waals surface area contributed by atoms with Crippen LogP contribution < -0.4 is 10.2 Å². The number of hydrogen-bond donors (Lipinski definition) is 2. The van der Waals surface area contributed by atoms with Crippen LogP contribution in [0.25, 0.3) is 0 Å². The summed E-state index contributed by atoms with van der Waals surface area (Å²) in [4.78, 5) is 31.4. The highest BCUT2D eigenvalue weighted by molar-refractivity contribution is 7.98. The lowest BCUT2D eigenvalue weighted by molar-refractivity contribution is -0.126. The van der Waals surface area contributed by atoms with Gasteiger partial charge in [0.15, 0.2) is 0 Å². The second-order valence-electron chi connectivity index (χ2n) is 6.15. The number of hydrogen-bond acceptors (Lipinski definition) is 5. The maximum absolute atomic E-state index is 12.4. The van der Waals surface area contributed by atoms with Crippen molar-refractivity contribution in [1.29, 1.82) is 0 Å². The third-order valence-electron chi connectivity index (χ3n) is 4.42. The molecule has 1 aromatic heterocycles. The van der Waals surface area contributed by atoms with Crippen LogP contribution in [0.15, 0.2) is 53.7 Å². The summed E-state index contributed by atoms with van der Waals surface area (Å²) >= 11 is 1.64. The number of aromatic nitrogens is 1. The average Bonchev–Trinajstić information content (AvgIpc) is 3.08. The molecule has 2 amide bonds. The van der Waals surface area contributed by atoms with E-state index in [1.165, 1.54) is 0 Å². The molecule has 26 heavy (non-hydrogen) atoms. The van der Waals surface area contributed by atoms with Crippen molar-refractivity contribution >= 4 is 29.3 Å². The van der Waals surface area contributed by atoms with Gasteiger partial charge in [0, 0.05) is 48.1 Å². The topological polar surface area (TPSA) is 82.5 Å². The molecule has 1 aromatic carbocycles. The van der Waals surface area contributed by atoms with Gasteiger partial charge in [0.05, 0.1) is 12.0 Å². The van der Waals surface area contributed by atoms with E-state index < -0.39 is 12.0 Å². The van der Waals surface area contributed by atoms with E-state index in [1.54, 1.807) is 41.2 Å². The molecule has 0 bridgehead atoms. The maximum Gasteiger partial charge on any atom is 0.227 e. The summed E-state index contributed by atoms with van der Waals surface area (Å²) in [5, 5.41) is 12.8. The molecule has 1 fully saturated rings. The highest BCUT2D eigenvalue weighted by Crippen LogP contribution is 2.27. The summed E-state index contributed by atoms with van der Waals surface area (Å²) in [6.07, 6.45) is 4.55. The van der Waals surface area contributed by atoms with Crippen LogP contribution in [0.3, 0.4) is 0 Å². The number of aliphatic hydroxyl groups is 1. The van der Waals surface area contributed by atoms with Gasteiger partial charge in [-0.05, 0) is 36.6 Å². The van der Waals surface area contributed by atoms with Crippen molar-refractivity contribution in [3.05, 3.63) is 54.4 Å². The Morgan fingerprint density at radius 2 is 2.15 bits per heavy atom. The normalized spacial score (nSPS) is 18.0. The quantitative estimate of drug-likeness (QED) is 0.759. The number of carbonyl (C=O) groups is 2. The van der Waals surface area contributed by atoms with Crippen molar-refractivity contribution in [2.24, 2.45) is 5.92 Å². The minimum atomic E-state index is -0.819. The Morgan fingerprint density at radius 3 is 2.81 bits per heavy atom. The van der Waals surface area contributed by atoms with E-state index in [0.717, 1.165) is 10.6 Å². The highest BCUT2D eigenvalue weighted by Gasteiger charge is 2.35. The predicted molar refractivity (Wildman–Crippen MR) is 101 cm³/mol. The molecular weight excluding hydrogens is 350 g/mol. The van der Waals surface area contributed by atoms with E-state index in [1.807, 2.05) is 30.5 Å². The zero-order valence-electron chi connectivity index (χ0n) is 14.5. The molecule has 0 spiro atoms. The van der Waals surface area contributed by atoms with Gasteiger partial charge in [-0.2, -0.15) is 0 Å². The average molecular weight is 371 g/mol. The first-order valence-corrected chi connectivity index (χ1v) is 9.61. The van der Waals surface area contributed by atoms with Crippen molar-refractivity contribution in [2.45, 2.75) is 17.4 Å². The molecule has 0 aliphatic carbocycles. The number of nitrogens with zero attached hydrogens (tertiary/aromatic N) is 2. The Kier molecular flexibility index (Phi) is 5.90. The lowest BCUT2D eigenvalue weighted by Crippen LogP contribution is -2.35. The lowest BCUT2D eigenvalue weighted by atomic mass is 10.1. The van der Waals surface area contributed by atoms with E-state index in [0.29, 0.717) is 12.1 Å². The number of rotatable bonds is 6. The van der Waals surface area contributed by atoms with Gasteiger partial charge in [0.1, 0.15) is 0 Å². The van der Waals surface area contributed by atoms with Gasteiger partial charge in [0.2, 0.25) is 11.8 Å². The number of pyridine rings is 1. The van der Waals surface area contributed by atoms with Crippen LogP contribution in [-0.4, -0.2) is 41.3 Å². The van der Waals surface area contributed by atoms with Crippen molar-refractivity contribution in [2.75, 3.05) is 24.2 Å². The van der Waals surface area contributed by atoms with Gasteiger partial charge in [-0.15, -0.1) is 11.8 Å². The molecule has 1 aliphatic heterocycles. The molecule has 1 saturated heterocycles. The van der Waals surface area contributed by atoms with E-state index in [4.69, 9.17) is 0 Å². The molecular formula is C19H21N3O3S. The molecule has 1 aliphatic rings. The minimum Gasteiger partial charge on any atom is -0.387 e. The van der Waals surface area contributed by atoms with E-state index in [2.05, 4.69) is 10.3 Å². The molecule has 2 atom stereocenters. The molecule has 0 saturated carbocycles. The monoisotopic (exact) mass is 371 g/mol. The zero-order valence-corrected chi connectivity index (χ0v) is 15.3. The Hall–Kier alpha value is -2.38. The van der Waals surface area contributed by atoms with Crippen LogP contribution in [-0.2, 0) is 9.59 Å². The van der Waals surface area contributed by atoms with Crippen LogP contribution in [0.1, 0.15) is 18.1 Å². The van der Waals surface area contributed by atoms with E-state index >= 15 is 0 Å². The fourth-order valence-corrected chi connectivity index (χ4v) is 3.34. The van der Waals surface area contributed by atoms with Gasteiger partial charge in [-0.25, -0.2) is 0 Å². The van der Waals surface area contributed by atoms with E-state index in [9.17, 15) is 14.7 Å². The zero-order chi connectivity index (χ0) is 18.5. The molecule has 2 aromatic rings. The van der Waals surface area contributed by atoms with Crippen molar-refractivity contribution in [3.8, 4) is 0 Å². The second-order valence-corrected chi connectivity index (χ2v) is 7.03. The number of carbonyl (C=O) groups excluding carboxylic acids is 2. The Morgan fingerprint density at radius 1 is 1.38 bits per heavy atom. The van der Waals surface area contributed by atoms with Crippen molar-refractivity contribution < 1.29 is 14.7 Å². The molecule has 3 rings (SSSR count). The fraction of sp³-hybridized carbons (Fsp3) is 0.316. The molecule has 2 heterocycles. The van der Waals surface area contributed by atoms with Crippen LogP contribution in [0, 0.1) is 5.92 Å².